The van der Waals surface area contributed by atoms with E-state index in [0.29, 0.717) is 52.1 Å². The number of fused-ring (bicyclic) bond motifs is 1. The number of nitrogens with zero attached hydrogens (tertiary/aromatic N) is 3. The van der Waals surface area contributed by atoms with Gasteiger partial charge >= 0.3 is 6.18 Å². The highest BCUT2D eigenvalue weighted by atomic mass is 35.5. The van der Waals surface area contributed by atoms with E-state index in [1.807, 2.05) is 0 Å². The van der Waals surface area contributed by atoms with Gasteiger partial charge in [0.15, 0.2) is 0 Å². The van der Waals surface area contributed by atoms with Gasteiger partial charge in [-0.1, -0.05) is 54.1 Å². The number of ether oxygens (including phenoxy) is 1. The van der Waals surface area contributed by atoms with Crippen LogP contribution in [-0.4, -0.2) is 58.7 Å². The van der Waals surface area contributed by atoms with Gasteiger partial charge in [0.05, 0.1) is 29.4 Å². The van der Waals surface area contributed by atoms with Crippen molar-refractivity contribution in [2.45, 2.75) is 44.1 Å². The number of carbonyl (C=O) groups excluding carboxylic acids is 2. The molecule has 0 radical (unpaired) electrons. The largest absolute Gasteiger partial charge is 0.391 e. The first kappa shape index (κ1) is 27.9. The monoisotopic (exact) mass is 573 g/mol. The van der Waals surface area contributed by atoms with Crippen molar-refractivity contribution < 1.29 is 27.5 Å². The van der Waals surface area contributed by atoms with Gasteiger partial charge in [-0.2, -0.15) is 13.2 Å². The maximum atomic E-state index is 13.2. The van der Waals surface area contributed by atoms with E-state index in [4.69, 9.17) is 16.3 Å². The summed E-state index contributed by atoms with van der Waals surface area (Å²) in [5.74, 6) is -0.657. The number of carbonyl (C=O) groups is 2. The van der Waals surface area contributed by atoms with E-state index in [-0.39, 0.29) is 19.1 Å². The second-order valence-corrected chi connectivity index (χ2v) is 10.2. The molecular formula is C28H27ClF3N5O3. The molecule has 2 N–H and O–H groups in total. The van der Waals surface area contributed by atoms with Gasteiger partial charge in [0.1, 0.15) is 6.54 Å². The molecule has 12 heteroatoms. The van der Waals surface area contributed by atoms with E-state index in [2.05, 4.69) is 20.6 Å². The van der Waals surface area contributed by atoms with E-state index in [1.165, 1.54) is 23.2 Å². The van der Waals surface area contributed by atoms with Gasteiger partial charge in [0.25, 0.3) is 5.91 Å². The molecule has 3 heterocycles. The molecule has 0 spiro atoms. The van der Waals surface area contributed by atoms with Crippen molar-refractivity contribution in [1.29, 1.82) is 0 Å². The fraction of sp³-hybridized carbons (Fsp3) is 0.357. The molecule has 2 aliphatic heterocycles. The summed E-state index contributed by atoms with van der Waals surface area (Å²) >= 11 is 6.40. The first-order valence-electron chi connectivity index (χ1n) is 12.9. The maximum absolute atomic E-state index is 13.2. The average molecular weight is 574 g/mol. The Balaban J connectivity index is 1.28. The molecule has 2 aliphatic rings. The number of benzene rings is 2. The van der Waals surface area contributed by atoms with Gasteiger partial charge in [0.2, 0.25) is 11.9 Å². The first-order valence-corrected chi connectivity index (χ1v) is 13.2. The minimum Gasteiger partial charge on any atom is -0.381 e. The smallest absolute Gasteiger partial charge is 0.381 e. The molecule has 0 saturated carbocycles. The molecular weight excluding hydrogens is 547 g/mol. The highest BCUT2D eigenvalue weighted by molar-refractivity contribution is 6.33. The van der Waals surface area contributed by atoms with Crippen molar-refractivity contribution in [1.82, 2.24) is 20.2 Å². The number of alkyl halides is 3. The lowest BCUT2D eigenvalue weighted by molar-refractivity contribution is -0.143. The zero-order valence-electron chi connectivity index (χ0n) is 21.4. The van der Waals surface area contributed by atoms with Gasteiger partial charge in [-0.3, -0.25) is 9.59 Å². The number of amides is 2. The number of hydrogen-bond acceptors (Lipinski definition) is 6. The normalized spacial score (nSPS) is 16.5. The molecule has 0 aliphatic carbocycles. The van der Waals surface area contributed by atoms with Crippen LogP contribution in [0.25, 0.3) is 11.3 Å². The van der Waals surface area contributed by atoms with Gasteiger partial charge in [-0.25, -0.2) is 9.97 Å². The Kier molecular flexibility index (Phi) is 8.22. The van der Waals surface area contributed by atoms with E-state index in [0.717, 1.165) is 12.8 Å². The van der Waals surface area contributed by atoms with Gasteiger partial charge < -0.3 is 20.3 Å². The summed E-state index contributed by atoms with van der Waals surface area (Å²) < 4.78 is 45.0. The fourth-order valence-electron chi connectivity index (χ4n) is 4.88. The lowest BCUT2D eigenvalue weighted by Gasteiger charge is -2.23. The summed E-state index contributed by atoms with van der Waals surface area (Å²) in [5, 5.41) is 6.06. The summed E-state index contributed by atoms with van der Waals surface area (Å²) in [5.41, 5.74) is 2.48. The van der Waals surface area contributed by atoms with Crippen LogP contribution in [0, 0.1) is 0 Å². The number of hydrogen-bond donors (Lipinski definition) is 2. The molecule has 1 saturated heterocycles. The van der Waals surface area contributed by atoms with Gasteiger partial charge in [0, 0.05) is 36.9 Å². The summed E-state index contributed by atoms with van der Waals surface area (Å²) in [7, 11) is 0. The molecule has 3 aromatic rings. The topological polar surface area (TPSA) is 96.5 Å². The number of nitrogens with one attached hydrogen (secondary N) is 2. The van der Waals surface area contributed by atoms with Crippen molar-refractivity contribution in [2.75, 3.05) is 25.1 Å². The van der Waals surface area contributed by atoms with Crippen LogP contribution in [0.5, 0.6) is 0 Å². The maximum Gasteiger partial charge on any atom is 0.391 e. The fourth-order valence-corrected chi connectivity index (χ4v) is 5.08. The number of rotatable bonds is 8. The second kappa shape index (κ2) is 11.8. The Labute approximate surface area is 233 Å². The summed E-state index contributed by atoms with van der Waals surface area (Å²) in [6.45, 7) is 1.10. The molecule has 1 unspecified atom stereocenters. The zero-order valence-corrected chi connectivity index (χ0v) is 22.1. The van der Waals surface area contributed by atoms with E-state index in [9.17, 15) is 22.8 Å². The van der Waals surface area contributed by atoms with E-state index < -0.39 is 30.5 Å². The molecule has 2 aromatic carbocycles. The Hall–Kier alpha value is -3.70. The van der Waals surface area contributed by atoms with Crippen LogP contribution in [0.15, 0.2) is 54.7 Å². The molecule has 5 rings (SSSR count). The second-order valence-electron chi connectivity index (χ2n) is 9.80. The quantitative estimate of drug-likeness (QED) is 0.387. The molecule has 210 valence electrons. The van der Waals surface area contributed by atoms with Crippen LogP contribution in [0.1, 0.15) is 46.8 Å². The van der Waals surface area contributed by atoms with Crippen LogP contribution in [0.3, 0.4) is 0 Å². The minimum absolute atomic E-state index is 0.158. The molecule has 0 bridgehead atoms. The number of anilines is 1. The lowest BCUT2D eigenvalue weighted by Crippen LogP contribution is -2.40. The Morgan fingerprint density at radius 2 is 1.90 bits per heavy atom. The number of halogens is 4. The predicted octanol–water partition coefficient (Wildman–Crippen LogP) is 5.15. The molecule has 1 fully saturated rings. The first-order chi connectivity index (χ1) is 19.2. The number of aromatic nitrogens is 2. The third-order valence-electron chi connectivity index (χ3n) is 6.87. The lowest BCUT2D eigenvalue weighted by atomic mass is 10.0. The van der Waals surface area contributed by atoms with Crippen LogP contribution in [0.4, 0.5) is 19.1 Å². The van der Waals surface area contributed by atoms with Crippen LogP contribution >= 0.6 is 11.6 Å². The van der Waals surface area contributed by atoms with Crippen molar-refractivity contribution in [3.8, 4) is 11.3 Å². The average Bonchev–Trinajstić information content (AvgIpc) is 3.23. The van der Waals surface area contributed by atoms with Crippen molar-refractivity contribution in [3.05, 3.63) is 76.4 Å². The molecule has 2 amide bonds. The standard InChI is InChI=1S/C28H27ClF3N5O3/c29-22-14-33-27(34-20-8-10-40-11-9-20)36-25(22)18-6-7-19-15-37(26(39)21(19)12-18)16-24(38)35-23(13-28(30,31)32)17-4-2-1-3-5-17/h1-7,12,14,20,23H,8-11,13,15-16H2,(H,35,38)(H,33,34,36). The van der Waals surface area contributed by atoms with Crippen molar-refractivity contribution in [2.24, 2.45) is 0 Å². The SMILES string of the molecule is O=C(CN1Cc2ccc(-c3nc(NC4CCOCC4)ncc3Cl)cc2C1=O)NC(CC(F)(F)F)c1ccccc1. The highest BCUT2D eigenvalue weighted by Crippen LogP contribution is 2.32. The Bertz CT molecular complexity index is 1380. The van der Waals surface area contributed by atoms with Gasteiger partial charge in [-0.15, -0.1) is 0 Å². The van der Waals surface area contributed by atoms with Crippen LogP contribution < -0.4 is 10.6 Å². The zero-order chi connectivity index (χ0) is 28.3. The Morgan fingerprint density at radius 1 is 1.15 bits per heavy atom. The summed E-state index contributed by atoms with van der Waals surface area (Å²) in [4.78, 5) is 36.1. The van der Waals surface area contributed by atoms with Crippen molar-refractivity contribution in [3.63, 3.8) is 0 Å². The summed E-state index contributed by atoms with van der Waals surface area (Å²) in [6.07, 6.45) is -2.53. The summed E-state index contributed by atoms with van der Waals surface area (Å²) in [6, 6.07) is 12.1. The third kappa shape index (κ3) is 6.71. The minimum atomic E-state index is -4.48. The molecule has 1 aromatic heterocycles. The van der Waals surface area contributed by atoms with Crippen LogP contribution in [-0.2, 0) is 16.1 Å². The van der Waals surface area contributed by atoms with Gasteiger partial charge in [-0.05, 0) is 30.0 Å². The highest BCUT2D eigenvalue weighted by Gasteiger charge is 2.35. The molecule has 1 atom stereocenters. The van der Waals surface area contributed by atoms with Crippen LogP contribution in [0.2, 0.25) is 5.02 Å². The van der Waals surface area contributed by atoms with Crippen molar-refractivity contribution >= 4 is 29.4 Å². The predicted molar refractivity (Wildman–Crippen MR) is 143 cm³/mol. The molecule has 40 heavy (non-hydrogen) atoms. The van der Waals surface area contributed by atoms with E-state index in [1.54, 1.807) is 36.4 Å². The van der Waals surface area contributed by atoms with E-state index >= 15 is 0 Å². The third-order valence-corrected chi connectivity index (χ3v) is 7.14. The Morgan fingerprint density at radius 3 is 2.62 bits per heavy atom. The molecule has 8 nitrogen and oxygen atoms in total.